The fourth-order valence-electron chi connectivity index (χ4n) is 0.615. The Morgan fingerprint density at radius 1 is 1.55 bits per heavy atom. The van der Waals surface area contributed by atoms with E-state index in [0.29, 0.717) is 5.92 Å². The van der Waals surface area contributed by atoms with E-state index in [1.54, 1.807) is 0 Å². The third kappa shape index (κ3) is 6.00. The summed E-state index contributed by atoms with van der Waals surface area (Å²) in [5.41, 5.74) is 1.18. The monoisotopic (exact) mass is 169 g/mol. The topological polar surface area (TPSA) is 23.9 Å². The van der Waals surface area contributed by atoms with Crippen LogP contribution < -0.4 is 0 Å². The van der Waals surface area contributed by atoms with Crippen molar-refractivity contribution in [2.75, 3.05) is 6.16 Å². The highest BCUT2D eigenvalue weighted by atomic mass is 31.0. The van der Waals surface area contributed by atoms with E-state index in [9.17, 15) is 0 Å². The predicted molar refractivity (Wildman–Crippen MR) is 55.4 cm³/mol. The molecule has 0 heterocycles. The molecule has 1 N–H and O–H groups in total. The van der Waals surface area contributed by atoms with Gasteiger partial charge in [-0.05, 0) is 23.7 Å². The zero-order chi connectivity index (χ0) is 8.69. The fraction of sp³-hybridized carbons (Fsp3) is 0.444. The highest BCUT2D eigenvalue weighted by molar-refractivity contribution is 7.16. The minimum atomic E-state index is 0.584. The molecule has 2 heteroatoms. The molecule has 0 aromatic heterocycles. The second kappa shape index (κ2) is 6.30. The van der Waals surface area contributed by atoms with Crippen molar-refractivity contribution < 1.29 is 0 Å². The standard InChI is InChI=1S/C9H16NP/c1-8(2)3-4-9(7-11)5-6-10/h3-6,8,10H,7,11H2,1-2H3/b4-3-,9-5+,10-6?. The van der Waals surface area contributed by atoms with Gasteiger partial charge in [0.15, 0.2) is 0 Å². The van der Waals surface area contributed by atoms with Gasteiger partial charge in [0.1, 0.15) is 0 Å². The van der Waals surface area contributed by atoms with Gasteiger partial charge < -0.3 is 5.41 Å². The van der Waals surface area contributed by atoms with Gasteiger partial charge in [-0.1, -0.05) is 26.0 Å². The number of rotatable bonds is 4. The van der Waals surface area contributed by atoms with Crippen molar-refractivity contribution in [2.24, 2.45) is 5.92 Å². The zero-order valence-corrected chi connectivity index (χ0v) is 8.33. The van der Waals surface area contributed by atoms with Gasteiger partial charge >= 0.3 is 0 Å². The molecule has 0 radical (unpaired) electrons. The molecule has 0 aliphatic heterocycles. The average molecular weight is 169 g/mol. The lowest BCUT2D eigenvalue weighted by Crippen LogP contribution is -1.82. The van der Waals surface area contributed by atoms with Gasteiger partial charge in [0, 0.05) is 6.21 Å². The second-order valence-corrected chi connectivity index (χ2v) is 3.12. The van der Waals surface area contributed by atoms with E-state index >= 15 is 0 Å². The maximum atomic E-state index is 6.88. The van der Waals surface area contributed by atoms with Crippen molar-refractivity contribution >= 4 is 15.5 Å². The molecule has 1 nitrogen and oxygen atoms in total. The number of hydrogen-bond acceptors (Lipinski definition) is 1. The first-order chi connectivity index (χ1) is 5.20. The Labute approximate surface area is 71.3 Å². The summed E-state index contributed by atoms with van der Waals surface area (Å²) in [7, 11) is 2.65. The van der Waals surface area contributed by atoms with E-state index in [-0.39, 0.29) is 0 Å². The van der Waals surface area contributed by atoms with Crippen LogP contribution in [0.4, 0.5) is 0 Å². The van der Waals surface area contributed by atoms with Crippen LogP contribution in [0, 0.1) is 11.3 Å². The van der Waals surface area contributed by atoms with E-state index in [1.165, 1.54) is 11.8 Å². The number of nitrogens with one attached hydrogen (secondary N) is 1. The van der Waals surface area contributed by atoms with Crippen molar-refractivity contribution in [3.63, 3.8) is 0 Å². The molecular formula is C9H16NP. The van der Waals surface area contributed by atoms with Crippen molar-refractivity contribution in [1.82, 2.24) is 0 Å². The molecule has 0 rings (SSSR count). The maximum absolute atomic E-state index is 6.88. The molecule has 0 saturated heterocycles. The Morgan fingerprint density at radius 3 is 2.55 bits per heavy atom. The molecule has 0 bridgehead atoms. The Kier molecular flexibility index (Phi) is 6.06. The highest BCUT2D eigenvalue weighted by Gasteiger charge is 1.87. The van der Waals surface area contributed by atoms with Crippen LogP contribution in [0.1, 0.15) is 13.8 Å². The largest absolute Gasteiger partial charge is 0.309 e. The Balaban J connectivity index is 4.07. The van der Waals surface area contributed by atoms with E-state index in [1.807, 2.05) is 6.08 Å². The summed E-state index contributed by atoms with van der Waals surface area (Å²) in [5, 5.41) is 6.88. The van der Waals surface area contributed by atoms with Gasteiger partial charge in [-0.25, -0.2) is 0 Å². The van der Waals surface area contributed by atoms with Crippen LogP contribution in [-0.4, -0.2) is 12.4 Å². The van der Waals surface area contributed by atoms with Crippen LogP contribution in [0.5, 0.6) is 0 Å². The van der Waals surface area contributed by atoms with Crippen molar-refractivity contribution in [3.05, 3.63) is 23.8 Å². The van der Waals surface area contributed by atoms with Gasteiger partial charge in [-0.15, -0.1) is 9.24 Å². The predicted octanol–water partition coefficient (Wildman–Crippen LogP) is 2.65. The summed E-state index contributed by atoms with van der Waals surface area (Å²) in [6, 6.07) is 0. The third-order valence-corrected chi connectivity index (χ3v) is 1.70. The lowest BCUT2D eigenvalue weighted by Gasteiger charge is -1.96. The van der Waals surface area contributed by atoms with Gasteiger partial charge in [-0.2, -0.15) is 0 Å². The second-order valence-electron chi connectivity index (χ2n) is 2.72. The van der Waals surface area contributed by atoms with Gasteiger partial charge in [0.2, 0.25) is 0 Å². The Hall–Kier alpha value is -0.420. The molecule has 0 aromatic carbocycles. The Morgan fingerprint density at radius 2 is 2.18 bits per heavy atom. The highest BCUT2D eigenvalue weighted by Crippen LogP contribution is 2.03. The summed E-state index contributed by atoms with van der Waals surface area (Å²) in [4.78, 5) is 0. The molecule has 0 saturated carbocycles. The van der Waals surface area contributed by atoms with Gasteiger partial charge in [0.25, 0.3) is 0 Å². The average Bonchev–Trinajstić information content (AvgIpc) is 1.97. The maximum Gasteiger partial charge on any atom is 0.0180 e. The summed E-state index contributed by atoms with van der Waals surface area (Å²) < 4.78 is 0. The summed E-state index contributed by atoms with van der Waals surface area (Å²) in [6.45, 7) is 4.28. The normalized spacial score (nSPS) is 12.9. The molecule has 1 atom stereocenters. The van der Waals surface area contributed by atoms with Gasteiger partial charge in [0.05, 0.1) is 0 Å². The number of hydrogen-bond donors (Lipinski definition) is 1. The summed E-state index contributed by atoms with van der Waals surface area (Å²) >= 11 is 0. The lowest BCUT2D eigenvalue weighted by atomic mass is 10.1. The molecular weight excluding hydrogens is 153 g/mol. The first-order valence-corrected chi connectivity index (χ1v) is 4.60. The fourth-order valence-corrected chi connectivity index (χ4v) is 0.887. The van der Waals surface area contributed by atoms with E-state index in [2.05, 4.69) is 35.2 Å². The Bertz CT molecular complexity index is 168. The van der Waals surface area contributed by atoms with E-state index in [4.69, 9.17) is 5.41 Å². The van der Waals surface area contributed by atoms with Crippen LogP contribution in [0.25, 0.3) is 0 Å². The summed E-state index contributed by atoms with van der Waals surface area (Å²) in [5.74, 6) is 0.584. The molecule has 0 aromatic rings. The molecule has 0 amide bonds. The number of allylic oxidation sites excluding steroid dienone is 4. The molecule has 0 aliphatic rings. The smallest absolute Gasteiger partial charge is 0.0180 e. The zero-order valence-electron chi connectivity index (χ0n) is 7.17. The van der Waals surface area contributed by atoms with E-state index in [0.717, 1.165) is 6.16 Å². The lowest BCUT2D eigenvalue weighted by molar-refractivity contribution is 0.831. The van der Waals surface area contributed by atoms with E-state index < -0.39 is 0 Å². The molecule has 11 heavy (non-hydrogen) atoms. The van der Waals surface area contributed by atoms with Crippen molar-refractivity contribution in [2.45, 2.75) is 13.8 Å². The quantitative estimate of drug-likeness (QED) is 0.380. The van der Waals surface area contributed by atoms with Crippen molar-refractivity contribution in [3.8, 4) is 0 Å². The van der Waals surface area contributed by atoms with Gasteiger partial charge in [-0.3, -0.25) is 0 Å². The molecule has 0 spiro atoms. The van der Waals surface area contributed by atoms with Crippen molar-refractivity contribution in [1.29, 1.82) is 5.41 Å². The van der Waals surface area contributed by atoms with Crippen LogP contribution >= 0.6 is 9.24 Å². The molecule has 0 aliphatic carbocycles. The minimum Gasteiger partial charge on any atom is -0.309 e. The third-order valence-electron chi connectivity index (χ3n) is 1.23. The molecule has 0 fully saturated rings. The van der Waals surface area contributed by atoms with Crippen LogP contribution in [-0.2, 0) is 0 Å². The first kappa shape index (κ1) is 10.6. The van der Waals surface area contributed by atoms with Crippen LogP contribution in [0.15, 0.2) is 23.8 Å². The summed E-state index contributed by atoms with van der Waals surface area (Å²) in [6.07, 6.45) is 8.26. The minimum absolute atomic E-state index is 0.584. The SMILES string of the molecule is CC(C)/C=C\C(=C/C=N)CP. The first-order valence-electron chi connectivity index (χ1n) is 3.78. The van der Waals surface area contributed by atoms with Crippen LogP contribution in [0.2, 0.25) is 0 Å². The molecule has 62 valence electrons. The van der Waals surface area contributed by atoms with Crippen LogP contribution in [0.3, 0.4) is 0 Å². The molecule has 1 unspecified atom stereocenters.